The quantitative estimate of drug-likeness (QED) is 0.251. The van der Waals surface area contributed by atoms with Crippen LogP contribution in [0.15, 0.2) is 68.7 Å². The van der Waals surface area contributed by atoms with Crippen molar-refractivity contribution in [3.05, 3.63) is 82.1 Å². The van der Waals surface area contributed by atoms with Gasteiger partial charge in [-0.25, -0.2) is 9.37 Å². The molecule has 0 spiro atoms. The number of amides is 1. The fourth-order valence-corrected chi connectivity index (χ4v) is 5.55. The van der Waals surface area contributed by atoms with Crippen LogP contribution in [-0.4, -0.2) is 21.1 Å². The second-order valence-corrected chi connectivity index (χ2v) is 10.0. The monoisotopic (exact) mass is 474 g/mol. The molecule has 152 valence electrons. The highest BCUT2D eigenvalue weighted by Crippen LogP contribution is 2.29. The molecule has 0 saturated heterocycles. The van der Waals surface area contributed by atoms with Crippen molar-refractivity contribution in [2.75, 3.05) is 5.32 Å². The van der Waals surface area contributed by atoms with Gasteiger partial charge in [0, 0.05) is 27.3 Å². The summed E-state index contributed by atoms with van der Waals surface area (Å²) in [6.45, 7) is 0. The minimum atomic E-state index is -0.254. The van der Waals surface area contributed by atoms with Gasteiger partial charge in [0.25, 0.3) is 5.91 Å². The molecule has 0 bridgehead atoms. The molecule has 2 aromatic heterocycles. The molecule has 2 aromatic carbocycles. The Labute approximate surface area is 189 Å². The molecule has 0 aliphatic heterocycles. The van der Waals surface area contributed by atoms with Crippen LogP contribution >= 0.6 is 46.2 Å². The van der Waals surface area contributed by atoms with Gasteiger partial charge in [0.15, 0.2) is 4.34 Å². The molecule has 30 heavy (non-hydrogen) atoms. The van der Waals surface area contributed by atoms with E-state index in [-0.39, 0.29) is 11.7 Å². The first-order valence-corrected chi connectivity index (χ1v) is 12.5. The van der Waals surface area contributed by atoms with Gasteiger partial charge in [0.05, 0.1) is 11.2 Å². The SMILES string of the molecule is O=C(Nc1nnc(SCc2ccc(F)cc2)s1)c1ccc(SCc2cscn2)cc1. The molecule has 0 atom stereocenters. The van der Waals surface area contributed by atoms with Crippen molar-refractivity contribution < 1.29 is 9.18 Å². The molecule has 1 N–H and O–H groups in total. The summed E-state index contributed by atoms with van der Waals surface area (Å²) in [5.74, 6) is 0.981. The van der Waals surface area contributed by atoms with Gasteiger partial charge in [-0.3, -0.25) is 10.1 Å². The number of hydrogen-bond donors (Lipinski definition) is 1. The molecular formula is C20H15FN4OS4. The molecule has 10 heteroatoms. The van der Waals surface area contributed by atoms with Crippen molar-refractivity contribution in [2.24, 2.45) is 0 Å². The number of thiazole rings is 1. The van der Waals surface area contributed by atoms with E-state index >= 15 is 0 Å². The Morgan fingerprint density at radius 2 is 1.80 bits per heavy atom. The van der Waals surface area contributed by atoms with Gasteiger partial charge in [0.1, 0.15) is 5.82 Å². The number of carbonyl (C=O) groups is 1. The first-order valence-electron chi connectivity index (χ1n) is 8.78. The van der Waals surface area contributed by atoms with Gasteiger partial charge in [-0.2, -0.15) is 0 Å². The predicted molar refractivity (Wildman–Crippen MR) is 122 cm³/mol. The molecule has 1 amide bonds. The van der Waals surface area contributed by atoms with Gasteiger partial charge < -0.3 is 0 Å². The Morgan fingerprint density at radius 1 is 1.00 bits per heavy atom. The molecule has 0 radical (unpaired) electrons. The van der Waals surface area contributed by atoms with Crippen LogP contribution in [0.5, 0.6) is 0 Å². The Morgan fingerprint density at radius 3 is 2.53 bits per heavy atom. The Balaban J connectivity index is 1.28. The average molecular weight is 475 g/mol. The third kappa shape index (κ3) is 5.88. The first kappa shape index (κ1) is 21.0. The van der Waals surface area contributed by atoms with E-state index in [1.165, 1.54) is 35.2 Å². The lowest BCUT2D eigenvalue weighted by molar-refractivity contribution is 0.102. The largest absolute Gasteiger partial charge is 0.296 e. The summed E-state index contributed by atoms with van der Waals surface area (Å²) in [6, 6.07) is 13.8. The summed E-state index contributed by atoms with van der Waals surface area (Å²) < 4.78 is 13.7. The molecule has 2 heterocycles. The first-order chi connectivity index (χ1) is 14.7. The molecule has 0 aliphatic rings. The lowest BCUT2D eigenvalue weighted by atomic mass is 10.2. The van der Waals surface area contributed by atoms with Gasteiger partial charge in [0.2, 0.25) is 5.13 Å². The number of halogens is 1. The molecule has 4 rings (SSSR count). The van der Waals surface area contributed by atoms with E-state index < -0.39 is 0 Å². The van der Waals surface area contributed by atoms with Crippen LogP contribution < -0.4 is 5.32 Å². The predicted octanol–water partition coefficient (Wildman–Crippen LogP) is 5.97. The van der Waals surface area contributed by atoms with Crippen molar-refractivity contribution >= 4 is 57.2 Å². The molecule has 0 aliphatic carbocycles. The zero-order chi connectivity index (χ0) is 20.8. The summed E-state index contributed by atoms with van der Waals surface area (Å²) >= 11 is 6.07. The highest BCUT2D eigenvalue weighted by molar-refractivity contribution is 8.00. The summed E-state index contributed by atoms with van der Waals surface area (Å²) in [4.78, 5) is 17.8. The van der Waals surface area contributed by atoms with Crippen LogP contribution in [-0.2, 0) is 11.5 Å². The van der Waals surface area contributed by atoms with E-state index in [2.05, 4.69) is 20.5 Å². The van der Waals surface area contributed by atoms with Crippen molar-refractivity contribution in [1.82, 2.24) is 15.2 Å². The average Bonchev–Trinajstić information content (AvgIpc) is 3.44. The van der Waals surface area contributed by atoms with Crippen LogP contribution in [0, 0.1) is 5.82 Å². The van der Waals surface area contributed by atoms with Gasteiger partial charge >= 0.3 is 0 Å². The zero-order valence-corrected chi connectivity index (χ0v) is 18.7. The standard InChI is InChI=1S/C20H15FN4OS4/c21-15-5-1-13(2-6-15)9-29-20-25-24-19(30-20)23-18(26)14-3-7-17(8-4-14)28-11-16-10-27-12-22-16/h1-8,10,12H,9,11H2,(H,23,24,26). The second kappa shape index (κ2) is 10.2. The van der Waals surface area contributed by atoms with Crippen LogP contribution in [0.3, 0.4) is 0 Å². The fourth-order valence-electron chi connectivity index (χ4n) is 2.38. The van der Waals surface area contributed by atoms with E-state index in [0.29, 0.717) is 16.4 Å². The summed E-state index contributed by atoms with van der Waals surface area (Å²) in [5, 5.41) is 13.4. The topological polar surface area (TPSA) is 67.8 Å². The van der Waals surface area contributed by atoms with E-state index in [9.17, 15) is 9.18 Å². The minimum Gasteiger partial charge on any atom is -0.296 e. The summed E-state index contributed by atoms with van der Waals surface area (Å²) in [7, 11) is 0. The second-order valence-electron chi connectivity index (χ2n) is 6.04. The molecule has 5 nitrogen and oxygen atoms in total. The van der Waals surface area contributed by atoms with Crippen LogP contribution in [0.25, 0.3) is 0 Å². The maximum absolute atomic E-state index is 13.0. The number of nitrogens with zero attached hydrogens (tertiary/aromatic N) is 3. The van der Waals surface area contributed by atoms with E-state index in [4.69, 9.17) is 0 Å². The lowest BCUT2D eigenvalue weighted by Gasteiger charge is -2.03. The van der Waals surface area contributed by atoms with Crippen molar-refractivity contribution in [2.45, 2.75) is 20.7 Å². The normalized spacial score (nSPS) is 10.8. The number of anilines is 1. The lowest BCUT2D eigenvalue weighted by Crippen LogP contribution is -2.11. The highest BCUT2D eigenvalue weighted by Gasteiger charge is 2.11. The fraction of sp³-hybridized carbons (Fsp3) is 0.100. The Bertz CT molecular complexity index is 1100. The van der Waals surface area contributed by atoms with Crippen molar-refractivity contribution in [1.29, 1.82) is 0 Å². The number of carbonyl (C=O) groups excluding carboxylic acids is 1. The number of benzene rings is 2. The third-order valence-corrected chi connectivity index (χ3v) is 7.61. The number of rotatable bonds is 8. The number of hydrogen-bond acceptors (Lipinski definition) is 8. The van der Waals surface area contributed by atoms with Gasteiger partial charge in [-0.1, -0.05) is 35.2 Å². The summed E-state index contributed by atoms with van der Waals surface area (Å²) in [6.07, 6.45) is 0. The maximum Gasteiger partial charge on any atom is 0.257 e. The van der Waals surface area contributed by atoms with Crippen molar-refractivity contribution in [3.63, 3.8) is 0 Å². The molecule has 4 aromatic rings. The third-order valence-electron chi connectivity index (χ3n) is 3.89. The number of thioether (sulfide) groups is 2. The van der Waals surface area contributed by atoms with Crippen molar-refractivity contribution in [3.8, 4) is 0 Å². The zero-order valence-electron chi connectivity index (χ0n) is 15.4. The minimum absolute atomic E-state index is 0.225. The number of nitrogens with one attached hydrogen (secondary N) is 1. The van der Waals surface area contributed by atoms with Crippen LogP contribution in [0.4, 0.5) is 9.52 Å². The van der Waals surface area contributed by atoms with E-state index in [1.54, 1.807) is 47.4 Å². The smallest absolute Gasteiger partial charge is 0.257 e. The molecule has 0 unspecified atom stereocenters. The van der Waals surface area contributed by atoms with Crippen LogP contribution in [0.2, 0.25) is 0 Å². The molecule has 0 fully saturated rings. The highest BCUT2D eigenvalue weighted by atomic mass is 32.2. The molecular weight excluding hydrogens is 460 g/mol. The number of aromatic nitrogens is 3. The maximum atomic E-state index is 13.0. The van der Waals surface area contributed by atoms with E-state index in [0.717, 1.165) is 26.2 Å². The van der Waals surface area contributed by atoms with Gasteiger partial charge in [-0.15, -0.1) is 33.3 Å². The van der Waals surface area contributed by atoms with Gasteiger partial charge in [-0.05, 0) is 42.0 Å². The van der Waals surface area contributed by atoms with Crippen LogP contribution in [0.1, 0.15) is 21.6 Å². The molecule has 0 saturated carbocycles. The van der Waals surface area contributed by atoms with E-state index in [1.807, 2.05) is 23.0 Å². The Kier molecular flexibility index (Phi) is 7.11. The Hall–Kier alpha value is -2.27. The summed E-state index contributed by atoms with van der Waals surface area (Å²) in [5.41, 5.74) is 4.43.